The molecule has 0 aliphatic carbocycles. The van der Waals surface area contributed by atoms with Gasteiger partial charge in [-0.2, -0.15) is 0 Å². The molecule has 3 aromatic rings. The first-order valence-corrected chi connectivity index (χ1v) is 12.3. The molecule has 1 saturated heterocycles. The third kappa shape index (κ3) is 5.02. The highest BCUT2D eigenvalue weighted by Crippen LogP contribution is 2.42. The predicted molar refractivity (Wildman–Crippen MR) is 143 cm³/mol. The largest absolute Gasteiger partial charge is 0.507 e. The Bertz CT molecular complexity index is 1390. The summed E-state index contributed by atoms with van der Waals surface area (Å²) in [5, 5.41) is 11.4. The Morgan fingerprint density at radius 3 is 2.26 bits per heavy atom. The van der Waals surface area contributed by atoms with Gasteiger partial charge >= 0.3 is 5.97 Å². The molecule has 8 nitrogen and oxygen atoms in total. The van der Waals surface area contributed by atoms with Gasteiger partial charge < -0.3 is 14.6 Å². The maximum atomic E-state index is 13.4. The summed E-state index contributed by atoms with van der Waals surface area (Å²) in [4.78, 5) is 44.5. The summed E-state index contributed by atoms with van der Waals surface area (Å²) in [6.07, 6.45) is 2.86. The maximum absolute atomic E-state index is 13.4. The third-order valence-electron chi connectivity index (χ3n) is 6.29. The number of hydrogen-bond donors (Lipinski definition) is 1. The number of aliphatic hydroxyl groups excluding tert-OH is 1. The highest BCUT2D eigenvalue weighted by atomic mass is 16.5. The second-order valence-corrected chi connectivity index (χ2v) is 9.57. The van der Waals surface area contributed by atoms with Gasteiger partial charge in [-0.05, 0) is 79.4 Å². The lowest BCUT2D eigenvalue weighted by atomic mass is 9.93. The van der Waals surface area contributed by atoms with E-state index in [0.717, 1.165) is 5.56 Å². The molecule has 1 aliphatic rings. The summed E-state index contributed by atoms with van der Waals surface area (Å²) in [5.74, 6) is -1.64. The zero-order valence-corrected chi connectivity index (χ0v) is 22.0. The second-order valence-electron chi connectivity index (χ2n) is 9.57. The number of amides is 1. The van der Waals surface area contributed by atoms with E-state index in [4.69, 9.17) is 9.47 Å². The first-order valence-electron chi connectivity index (χ1n) is 12.3. The van der Waals surface area contributed by atoms with Crippen molar-refractivity contribution in [1.29, 1.82) is 0 Å². The average molecular weight is 515 g/mol. The number of nitrogens with zero attached hydrogens (tertiary/aromatic N) is 2. The van der Waals surface area contributed by atoms with E-state index < -0.39 is 23.7 Å². The van der Waals surface area contributed by atoms with E-state index in [1.165, 1.54) is 17.0 Å². The predicted octanol–water partition coefficient (Wildman–Crippen LogP) is 5.41. The number of esters is 1. The van der Waals surface area contributed by atoms with Crippen LogP contribution in [0.25, 0.3) is 5.76 Å². The third-order valence-corrected chi connectivity index (χ3v) is 6.29. The summed E-state index contributed by atoms with van der Waals surface area (Å²) < 4.78 is 10.7. The number of aromatic nitrogens is 1. The number of aliphatic hydroxyl groups is 1. The number of anilines is 1. The van der Waals surface area contributed by atoms with Crippen LogP contribution in [0.5, 0.6) is 5.75 Å². The van der Waals surface area contributed by atoms with Crippen LogP contribution in [-0.4, -0.2) is 41.0 Å². The monoisotopic (exact) mass is 514 g/mol. The minimum absolute atomic E-state index is 0.0498. The fourth-order valence-electron chi connectivity index (χ4n) is 4.48. The van der Waals surface area contributed by atoms with Gasteiger partial charge in [-0.1, -0.05) is 19.9 Å². The number of ketones is 1. The highest BCUT2D eigenvalue weighted by Gasteiger charge is 2.47. The molecule has 1 amide bonds. The number of methoxy groups -OCH3 is 1. The Morgan fingerprint density at radius 1 is 1.00 bits per heavy atom. The Hall–Kier alpha value is -4.46. The molecule has 1 atom stereocenters. The van der Waals surface area contributed by atoms with E-state index in [0.29, 0.717) is 28.1 Å². The van der Waals surface area contributed by atoms with Crippen molar-refractivity contribution in [3.63, 3.8) is 0 Å². The molecule has 0 radical (unpaired) electrons. The number of carbonyl (C=O) groups is 3. The minimum Gasteiger partial charge on any atom is -0.507 e. The Morgan fingerprint density at radius 2 is 1.68 bits per heavy atom. The summed E-state index contributed by atoms with van der Waals surface area (Å²) in [7, 11) is 1.57. The van der Waals surface area contributed by atoms with Crippen molar-refractivity contribution in [3.05, 3.63) is 94.8 Å². The summed E-state index contributed by atoms with van der Waals surface area (Å²) in [5.41, 5.74) is 2.45. The molecule has 0 bridgehead atoms. The normalized spacial score (nSPS) is 16.8. The van der Waals surface area contributed by atoms with E-state index in [1.54, 1.807) is 75.8 Å². The van der Waals surface area contributed by atoms with Crippen LogP contribution in [-0.2, 0) is 14.3 Å². The molecular formula is C30H30N2O6. The van der Waals surface area contributed by atoms with E-state index in [9.17, 15) is 19.5 Å². The van der Waals surface area contributed by atoms with Gasteiger partial charge in [0.25, 0.3) is 11.7 Å². The van der Waals surface area contributed by atoms with Gasteiger partial charge in [-0.3, -0.25) is 19.5 Å². The molecule has 1 N–H and O–H groups in total. The van der Waals surface area contributed by atoms with Gasteiger partial charge in [0.05, 0.1) is 30.4 Å². The number of carbonyl (C=O) groups excluding carboxylic acids is 3. The van der Waals surface area contributed by atoms with Crippen LogP contribution in [0.2, 0.25) is 0 Å². The lowest BCUT2D eigenvalue weighted by Crippen LogP contribution is -2.29. The number of hydrogen-bond acceptors (Lipinski definition) is 7. The standard InChI is InChI=1S/C30H30N2O6/c1-17(2)23-15-20(10-13-24(23)37-5)27(33)25-26(21-7-6-14-31-16-21)32(29(35)28(25)34)22-11-8-19(9-12-22)30(36)38-18(3)4/h6-18,26,33H,1-5H3/b27-25-. The Labute approximate surface area is 221 Å². The van der Waals surface area contributed by atoms with Gasteiger partial charge in [-0.15, -0.1) is 0 Å². The fourth-order valence-corrected chi connectivity index (χ4v) is 4.48. The molecule has 1 fully saturated rings. The van der Waals surface area contributed by atoms with Crippen molar-refractivity contribution in [3.8, 4) is 5.75 Å². The van der Waals surface area contributed by atoms with Crippen molar-refractivity contribution < 1.29 is 29.0 Å². The van der Waals surface area contributed by atoms with Crippen molar-refractivity contribution >= 4 is 29.1 Å². The fraction of sp³-hybridized carbons (Fsp3) is 0.267. The molecule has 0 spiro atoms. The van der Waals surface area contributed by atoms with Gasteiger partial charge in [0.2, 0.25) is 0 Å². The molecule has 1 aliphatic heterocycles. The second kappa shape index (κ2) is 10.9. The van der Waals surface area contributed by atoms with E-state index in [1.807, 2.05) is 13.8 Å². The average Bonchev–Trinajstić information content (AvgIpc) is 3.18. The number of pyridine rings is 1. The first-order chi connectivity index (χ1) is 18.1. The molecule has 1 unspecified atom stereocenters. The smallest absolute Gasteiger partial charge is 0.338 e. The zero-order chi connectivity index (χ0) is 27.6. The van der Waals surface area contributed by atoms with Crippen LogP contribution in [0.15, 0.2) is 72.6 Å². The number of Topliss-reactive ketones (excluding diaryl/α,β-unsaturated/α-hetero) is 1. The SMILES string of the molecule is COc1ccc(/C(O)=C2/C(=O)C(=O)N(c3ccc(C(=O)OC(C)C)cc3)C2c2cccnc2)cc1C(C)C. The van der Waals surface area contributed by atoms with Gasteiger partial charge in [0.1, 0.15) is 11.5 Å². The van der Waals surface area contributed by atoms with Crippen molar-refractivity contribution in [1.82, 2.24) is 4.98 Å². The lowest BCUT2D eigenvalue weighted by Gasteiger charge is -2.25. The van der Waals surface area contributed by atoms with Crippen LogP contribution in [0.1, 0.15) is 66.7 Å². The van der Waals surface area contributed by atoms with Crippen molar-refractivity contribution in [2.24, 2.45) is 0 Å². The molecule has 2 aromatic carbocycles. The van der Waals surface area contributed by atoms with Crippen LogP contribution >= 0.6 is 0 Å². The van der Waals surface area contributed by atoms with Crippen LogP contribution in [0.3, 0.4) is 0 Å². The lowest BCUT2D eigenvalue weighted by molar-refractivity contribution is -0.132. The summed E-state index contributed by atoms with van der Waals surface area (Å²) in [6, 6.07) is 13.9. The van der Waals surface area contributed by atoms with Crippen LogP contribution in [0, 0.1) is 0 Å². The summed E-state index contributed by atoms with van der Waals surface area (Å²) in [6.45, 7) is 7.51. The Kier molecular flexibility index (Phi) is 7.62. The van der Waals surface area contributed by atoms with Crippen molar-refractivity contribution in [2.75, 3.05) is 12.0 Å². The maximum Gasteiger partial charge on any atom is 0.338 e. The van der Waals surface area contributed by atoms with E-state index >= 15 is 0 Å². The summed E-state index contributed by atoms with van der Waals surface area (Å²) >= 11 is 0. The van der Waals surface area contributed by atoms with Gasteiger partial charge in [-0.25, -0.2) is 4.79 Å². The van der Waals surface area contributed by atoms with Gasteiger partial charge in [0, 0.05) is 23.6 Å². The number of benzene rings is 2. The molecule has 38 heavy (non-hydrogen) atoms. The van der Waals surface area contributed by atoms with Crippen LogP contribution in [0.4, 0.5) is 5.69 Å². The number of rotatable bonds is 7. The first kappa shape index (κ1) is 26.6. The molecule has 8 heteroatoms. The zero-order valence-electron chi connectivity index (χ0n) is 22.0. The quantitative estimate of drug-likeness (QED) is 0.195. The molecule has 0 saturated carbocycles. The molecular weight excluding hydrogens is 484 g/mol. The highest BCUT2D eigenvalue weighted by molar-refractivity contribution is 6.51. The minimum atomic E-state index is -0.929. The van der Waals surface area contributed by atoms with E-state index in [-0.39, 0.29) is 23.4 Å². The van der Waals surface area contributed by atoms with E-state index in [2.05, 4.69) is 4.98 Å². The molecule has 4 rings (SSSR count). The topological polar surface area (TPSA) is 106 Å². The molecule has 2 heterocycles. The number of ether oxygens (including phenoxy) is 2. The Balaban J connectivity index is 1.84. The molecule has 196 valence electrons. The van der Waals surface area contributed by atoms with Crippen LogP contribution < -0.4 is 9.64 Å². The molecule has 1 aromatic heterocycles. The van der Waals surface area contributed by atoms with Gasteiger partial charge in [0.15, 0.2) is 0 Å². The van der Waals surface area contributed by atoms with Crippen molar-refractivity contribution in [2.45, 2.75) is 45.8 Å².